The van der Waals surface area contributed by atoms with Gasteiger partial charge in [-0.2, -0.15) is 5.21 Å². The molecular formula is C18H24N10O4S2. The number of H-pyrrole nitrogens is 1. The largest absolute Gasteiger partial charge is 0.368 e. The summed E-state index contributed by atoms with van der Waals surface area (Å²) < 4.78 is 54.8. The van der Waals surface area contributed by atoms with Crippen molar-refractivity contribution in [1.82, 2.24) is 35.6 Å². The molecule has 0 radical (unpaired) electrons. The second kappa shape index (κ2) is 9.69. The molecule has 0 saturated carbocycles. The number of aromatic amines is 1. The summed E-state index contributed by atoms with van der Waals surface area (Å²) in [5.74, 6) is 0.260. The second-order valence-electron chi connectivity index (χ2n) is 7.52. The second-order valence-corrected chi connectivity index (χ2v) is 10.7. The number of nitrogens with one attached hydrogen (secondary N) is 4. The van der Waals surface area contributed by atoms with Crippen molar-refractivity contribution in [3.63, 3.8) is 0 Å². The van der Waals surface area contributed by atoms with Gasteiger partial charge in [-0.25, -0.2) is 31.7 Å². The van der Waals surface area contributed by atoms with Crippen molar-refractivity contribution in [2.45, 2.75) is 22.3 Å². The molecule has 3 aromatic rings. The number of aromatic nitrogens is 5. The Kier molecular flexibility index (Phi) is 6.87. The van der Waals surface area contributed by atoms with E-state index in [9.17, 15) is 16.8 Å². The lowest BCUT2D eigenvalue weighted by molar-refractivity contribution is 0.555. The summed E-state index contributed by atoms with van der Waals surface area (Å²) in [4.78, 5) is 3.15. The van der Waals surface area contributed by atoms with Crippen LogP contribution in [0.5, 0.6) is 0 Å². The highest BCUT2D eigenvalue weighted by molar-refractivity contribution is 7.92. The van der Waals surface area contributed by atoms with Gasteiger partial charge in [0, 0.05) is 37.4 Å². The van der Waals surface area contributed by atoms with Crippen LogP contribution in [0.2, 0.25) is 0 Å². The van der Waals surface area contributed by atoms with Crippen LogP contribution < -0.4 is 26.2 Å². The Bertz CT molecular complexity index is 1370. The first-order valence-electron chi connectivity index (χ1n) is 10.3. The van der Waals surface area contributed by atoms with E-state index in [0.29, 0.717) is 49.5 Å². The number of pyridine rings is 1. The number of nitrogens with two attached hydrogens (primary N) is 2. The standard InChI is InChI=1S/C18H24N10O4S2/c19-6-9-23-17-13(2-1-7-22-17)12-3-4-14(34(31,32)26-11-5-8-21-10-11)16(33(20,29)30)15(12)18-24-27-28-25-18/h1-4,7,11,21,26H,5-6,8-10,19H2,(H,22,23)(H2,20,29,30)(H,24,25,27,28). The molecule has 0 aliphatic carbocycles. The third kappa shape index (κ3) is 4.91. The fraction of sp³-hybridized carbons (Fsp3) is 0.333. The van der Waals surface area contributed by atoms with Gasteiger partial charge in [0.25, 0.3) is 0 Å². The molecule has 1 aliphatic rings. The SMILES string of the molecule is NCCNc1ncccc1-c1ccc(S(=O)(=O)NC2CCNC2)c(S(N)(=O)=O)c1-c1nn[nH]n1. The zero-order valence-electron chi connectivity index (χ0n) is 17.9. The van der Waals surface area contributed by atoms with E-state index in [2.05, 4.69) is 41.0 Å². The van der Waals surface area contributed by atoms with E-state index < -0.39 is 35.9 Å². The Balaban J connectivity index is 1.99. The van der Waals surface area contributed by atoms with Gasteiger partial charge in [-0.3, -0.25) is 0 Å². The quantitative estimate of drug-likeness (QED) is 0.197. The number of nitrogens with zero attached hydrogens (tertiary/aromatic N) is 4. The van der Waals surface area contributed by atoms with Crippen molar-refractivity contribution in [3.05, 3.63) is 30.5 Å². The van der Waals surface area contributed by atoms with Gasteiger partial charge in [0.05, 0.1) is 5.56 Å². The van der Waals surface area contributed by atoms with Gasteiger partial charge >= 0.3 is 0 Å². The Hall–Kier alpha value is -3.02. The maximum absolute atomic E-state index is 13.3. The normalized spacial score (nSPS) is 16.6. The zero-order valence-corrected chi connectivity index (χ0v) is 19.5. The molecule has 8 N–H and O–H groups in total. The monoisotopic (exact) mass is 508 g/mol. The maximum Gasteiger partial charge on any atom is 0.242 e. The minimum Gasteiger partial charge on any atom is -0.368 e. The van der Waals surface area contributed by atoms with Gasteiger partial charge in [0.15, 0.2) is 0 Å². The van der Waals surface area contributed by atoms with Crippen LogP contribution in [0.3, 0.4) is 0 Å². The van der Waals surface area contributed by atoms with Gasteiger partial charge in [-0.1, -0.05) is 6.07 Å². The summed E-state index contributed by atoms with van der Waals surface area (Å²) in [6, 6.07) is 5.61. The van der Waals surface area contributed by atoms with Crippen molar-refractivity contribution in [1.29, 1.82) is 0 Å². The summed E-state index contributed by atoms with van der Waals surface area (Å²) >= 11 is 0. The molecule has 0 spiro atoms. The molecule has 14 nitrogen and oxygen atoms in total. The first kappa shape index (κ1) is 24.1. The van der Waals surface area contributed by atoms with E-state index in [1.165, 1.54) is 12.1 Å². The van der Waals surface area contributed by atoms with Crippen LogP contribution in [0.4, 0.5) is 5.82 Å². The molecule has 34 heavy (non-hydrogen) atoms. The molecule has 3 heterocycles. The molecule has 1 aliphatic heterocycles. The average molecular weight is 509 g/mol. The fourth-order valence-corrected chi connectivity index (χ4v) is 6.64. The summed E-state index contributed by atoms with van der Waals surface area (Å²) in [7, 11) is -8.86. The van der Waals surface area contributed by atoms with E-state index in [1.54, 1.807) is 18.3 Å². The van der Waals surface area contributed by atoms with Crippen molar-refractivity contribution >= 4 is 25.9 Å². The lowest BCUT2D eigenvalue weighted by atomic mass is 9.99. The summed E-state index contributed by atoms with van der Waals surface area (Å²) in [5, 5.41) is 25.3. The molecule has 0 bridgehead atoms. The summed E-state index contributed by atoms with van der Waals surface area (Å²) in [6.45, 7) is 1.79. The first-order valence-corrected chi connectivity index (χ1v) is 13.3. The lowest BCUT2D eigenvalue weighted by Gasteiger charge is -2.19. The predicted octanol–water partition coefficient (Wildman–Crippen LogP) is -1.41. The van der Waals surface area contributed by atoms with Crippen LogP contribution in [0.25, 0.3) is 22.5 Å². The number of hydrogen-bond acceptors (Lipinski definition) is 11. The van der Waals surface area contributed by atoms with E-state index in [4.69, 9.17) is 10.9 Å². The molecule has 1 saturated heterocycles. The molecule has 2 aromatic heterocycles. The highest BCUT2D eigenvalue weighted by atomic mass is 32.2. The molecule has 1 unspecified atom stereocenters. The molecular weight excluding hydrogens is 484 g/mol. The number of hydrogen-bond donors (Lipinski definition) is 6. The molecule has 16 heteroatoms. The first-order chi connectivity index (χ1) is 16.2. The van der Waals surface area contributed by atoms with Crippen molar-refractivity contribution < 1.29 is 16.8 Å². The Morgan fingerprint density at radius 1 is 1.15 bits per heavy atom. The van der Waals surface area contributed by atoms with Gasteiger partial charge in [0.2, 0.25) is 25.9 Å². The smallest absolute Gasteiger partial charge is 0.242 e. The third-order valence-corrected chi connectivity index (χ3v) is 7.87. The van der Waals surface area contributed by atoms with Gasteiger partial charge in [-0.05, 0) is 41.9 Å². The number of primary sulfonamides is 1. The van der Waals surface area contributed by atoms with Crippen LogP contribution in [0, 0.1) is 0 Å². The minimum atomic E-state index is -4.58. The lowest BCUT2D eigenvalue weighted by Crippen LogP contribution is -2.37. The molecule has 1 atom stereocenters. The molecule has 1 fully saturated rings. The average Bonchev–Trinajstić information content (AvgIpc) is 3.50. The molecule has 182 valence electrons. The van der Waals surface area contributed by atoms with Crippen LogP contribution in [0.1, 0.15) is 6.42 Å². The van der Waals surface area contributed by atoms with Crippen molar-refractivity contribution in [3.8, 4) is 22.5 Å². The Morgan fingerprint density at radius 3 is 2.62 bits per heavy atom. The summed E-state index contributed by atoms with van der Waals surface area (Å²) in [5.41, 5.74) is 6.23. The molecule has 1 aromatic carbocycles. The van der Waals surface area contributed by atoms with E-state index in [-0.39, 0.29) is 11.4 Å². The van der Waals surface area contributed by atoms with E-state index in [0.717, 1.165) is 0 Å². The predicted molar refractivity (Wildman–Crippen MR) is 123 cm³/mol. The highest BCUT2D eigenvalue weighted by Gasteiger charge is 2.34. The number of benzene rings is 1. The van der Waals surface area contributed by atoms with Crippen LogP contribution in [-0.4, -0.2) is 74.7 Å². The number of rotatable bonds is 9. The Morgan fingerprint density at radius 2 is 1.97 bits per heavy atom. The van der Waals surface area contributed by atoms with Gasteiger partial charge in [0.1, 0.15) is 15.6 Å². The number of tetrazole rings is 1. The molecule has 4 rings (SSSR count). The maximum atomic E-state index is 13.3. The fourth-order valence-electron chi connectivity index (χ4n) is 3.76. The molecule has 0 amide bonds. The van der Waals surface area contributed by atoms with Gasteiger partial charge in [-0.15, -0.1) is 10.2 Å². The number of anilines is 1. The topological polar surface area (TPSA) is 224 Å². The van der Waals surface area contributed by atoms with Crippen molar-refractivity contribution in [2.75, 3.05) is 31.5 Å². The Labute approximate surface area is 196 Å². The zero-order chi connectivity index (χ0) is 24.3. The van der Waals surface area contributed by atoms with E-state index in [1.807, 2.05) is 0 Å². The number of sulfonamides is 2. The van der Waals surface area contributed by atoms with Crippen LogP contribution >= 0.6 is 0 Å². The van der Waals surface area contributed by atoms with Crippen molar-refractivity contribution in [2.24, 2.45) is 10.9 Å². The van der Waals surface area contributed by atoms with E-state index >= 15 is 0 Å². The third-order valence-electron chi connectivity index (χ3n) is 5.18. The highest BCUT2D eigenvalue weighted by Crippen LogP contribution is 2.40. The minimum absolute atomic E-state index is 0.118. The summed E-state index contributed by atoms with van der Waals surface area (Å²) in [6.07, 6.45) is 2.11. The van der Waals surface area contributed by atoms with Crippen LogP contribution in [-0.2, 0) is 20.0 Å². The van der Waals surface area contributed by atoms with Gasteiger partial charge < -0.3 is 16.4 Å². The van der Waals surface area contributed by atoms with Crippen LogP contribution in [0.15, 0.2) is 40.3 Å².